The van der Waals surface area contributed by atoms with Crippen molar-refractivity contribution in [3.8, 4) is 0 Å². The maximum Gasteiger partial charge on any atom is 0.271 e. The highest BCUT2D eigenvalue weighted by Gasteiger charge is 2.30. The zero-order chi connectivity index (χ0) is 39.1. The van der Waals surface area contributed by atoms with E-state index in [0.29, 0.717) is 22.9 Å². The number of carbonyl (C=O) groups is 6. The van der Waals surface area contributed by atoms with Crippen LogP contribution in [0.1, 0.15) is 65.7 Å². The van der Waals surface area contributed by atoms with Gasteiger partial charge in [0.2, 0.25) is 29.5 Å². The van der Waals surface area contributed by atoms with Gasteiger partial charge in [-0.15, -0.1) is 11.3 Å². The van der Waals surface area contributed by atoms with Crippen molar-refractivity contribution in [2.75, 3.05) is 40.3 Å². The van der Waals surface area contributed by atoms with E-state index in [2.05, 4.69) is 31.1 Å². The first kappa shape index (κ1) is 39.6. The summed E-state index contributed by atoms with van der Waals surface area (Å²) in [4.78, 5) is 92.9. The molecule has 54 heavy (non-hydrogen) atoms. The van der Waals surface area contributed by atoms with Crippen LogP contribution >= 0.6 is 11.3 Å². The highest BCUT2D eigenvalue weighted by Crippen LogP contribution is 2.25. The van der Waals surface area contributed by atoms with Gasteiger partial charge >= 0.3 is 0 Å². The number of fused-ring (bicyclic) bond motifs is 3. The lowest BCUT2D eigenvalue weighted by Gasteiger charge is -2.28. The first-order chi connectivity index (χ1) is 25.7. The summed E-state index contributed by atoms with van der Waals surface area (Å²) in [7, 11) is 2.99. The third-order valence-corrected chi connectivity index (χ3v) is 10.0. The number of hydrogen-bond donors (Lipinski definition) is 4. The van der Waals surface area contributed by atoms with Gasteiger partial charge in [-0.25, -0.2) is 4.98 Å². The van der Waals surface area contributed by atoms with Gasteiger partial charge in [-0.3, -0.25) is 28.8 Å². The lowest BCUT2D eigenvalue weighted by atomic mass is 10.0. The molecule has 0 radical (unpaired) electrons. The molecule has 4 heterocycles. The van der Waals surface area contributed by atoms with E-state index in [1.54, 1.807) is 24.6 Å². The molecule has 4 N–H and O–H groups in total. The Morgan fingerprint density at radius 1 is 0.963 bits per heavy atom. The highest BCUT2D eigenvalue weighted by molar-refractivity contribution is 7.09. The molecular formula is C37H47N9O7S. The molecule has 0 saturated heterocycles. The second-order valence-electron chi connectivity index (χ2n) is 14.1. The molecule has 1 aliphatic rings. The number of H-pyrrole nitrogens is 1. The Morgan fingerprint density at radius 2 is 1.70 bits per heavy atom. The first-order valence-corrected chi connectivity index (χ1v) is 18.7. The van der Waals surface area contributed by atoms with Crippen LogP contribution in [0.3, 0.4) is 0 Å². The number of hydrogen-bond acceptors (Lipinski definition) is 10. The fraction of sp³-hybridized carbons (Fsp3) is 0.459. The van der Waals surface area contributed by atoms with E-state index >= 15 is 0 Å². The molecule has 1 aliphatic heterocycles. The van der Waals surface area contributed by atoms with E-state index < -0.39 is 53.6 Å². The number of aromatic amines is 1. The molecular weight excluding hydrogens is 715 g/mol. The van der Waals surface area contributed by atoms with Gasteiger partial charge in [-0.1, -0.05) is 37.2 Å². The van der Waals surface area contributed by atoms with Crippen molar-refractivity contribution in [3.63, 3.8) is 0 Å². The maximum atomic E-state index is 13.9. The second-order valence-corrected chi connectivity index (χ2v) is 15.0. The van der Waals surface area contributed by atoms with Gasteiger partial charge in [0.1, 0.15) is 28.5 Å². The average Bonchev–Trinajstić information content (AvgIpc) is 3.88. The molecule has 16 nitrogen and oxygen atoms in total. The van der Waals surface area contributed by atoms with Crippen molar-refractivity contribution in [2.45, 2.75) is 65.1 Å². The van der Waals surface area contributed by atoms with Gasteiger partial charge in [0.05, 0.1) is 31.2 Å². The molecule has 4 aromatic rings. The van der Waals surface area contributed by atoms with Crippen LogP contribution in [0.25, 0.3) is 10.9 Å². The van der Waals surface area contributed by atoms with E-state index in [-0.39, 0.29) is 50.6 Å². The quantitative estimate of drug-likeness (QED) is 0.227. The van der Waals surface area contributed by atoms with Crippen molar-refractivity contribution in [2.24, 2.45) is 5.92 Å². The normalized spacial score (nSPS) is 20.2. The number of thiazole rings is 1. The number of rotatable bonds is 6. The van der Waals surface area contributed by atoms with Crippen molar-refractivity contribution in [3.05, 3.63) is 69.6 Å². The third-order valence-electron chi connectivity index (χ3n) is 9.07. The number of nitrogens with zero attached hydrogens (tertiary/aromatic N) is 5. The minimum Gasteiger partial charge on any atom is -0.361 e. The van der Waals surface area contributed by atoms with Gasteiger partial charge in [0.15, 0.2) is 0 Å². The second kappa shape index (κ2) is 17.5. The lowest BCUT2D eigenvalue weighted by molar-refractivity contribution is -0.139. The topological polar surface area (TPSA) is 203 Å². The monoisotopic (exact) mass is 761 g/mol. The molecule has 0 aliphatic carbocycles. The smallest absolute Gasteiger partial charge is 0.271 e. The van der Waals surface area contributed by atoms with Gasteiger partial charge < -0.3 is 40.2 Å². The Kier molecular flexibility index (Phi) is 12.8. The van der Waals surface area contributed by atoms with Crippen LogP contribution in [0.2, 0.25) is 0 Å². The Morgan fingerprint density at radius 3 is 2.43 bits per heavy atom. The minimum absolute atomic E-state index is 0.00769. The summed E-state index contributed by atoms with van der Waals surface area (Å²) in [6, 6.07) is 6.60. The molecule has 2 bridgehead atoms. The van der Waals surface area contributed by atoms with Gasteiger partial charge in [0, 0.05) is 62.2 Å². The Labute approximate surface area is 317 Å². The molecule has 0 fully saturated rings. The van der Waals surface area contributed by atoms with E-state index in [0.717, 1.165) is 16.5 Å². The summed E-state index contributed by atoms with van der Waals surface area (Å²) in [5.41, 5.74) is 2.32. The average molecular weight is 762 g/mol. The zero-order valence-electron chi connectivity index (χ0n) is 31.3. The largest absolute Gasteiger partial charge is 0.361 e. The van der Waals surface area contributed by atoms with E-state index in [1.165, 1.54) is 47.1 Å². The summed E-state index contributed by atoms with van der Waals surface area (Å²) >= 11 is 1.20. The van der Waals surface area contributed by atoms with Crippen LogP contribution < -0.4 is 16.0 Å². The fourth-order valence-corrected chi connectivity index (χ4v) is 7.15. The Balaban J connectivity index is 1.45. The van der Waals surface area contributed by atoms with Gasteiger partial charge in [-0.2, -0.15) is 0 Å². The molecule has 3 atom stereocenters. The van der Waals surface area contributed by atoms with E-state index in [9.17, 15) is 28.8 Å². The SMILES string of the molecule is Cc1cc(CC(=O)N2CCN(C)C(=O)[C@H](C)NC(=O)CN(C)C(=O)[C@@H](Cc3c[nH]c4ccccc34)NC(=O)c3csc(n3)[C@H](CC(C)C)NC(=O)C2)on1. The highest BCUT2D eigenvalue weighted by atomic mass is 32.1. The predicted octanol–water partition coefficient (Wildman–Crippen LogP) is 1.97. The molecule has 17 heteroatoms. The van der Waals surface area contributed by atoms with Crippen molar-refractivity contribution >= 4 is 57.7 Å². The predicted molar refractivity (Wildman–Crippen MR) is 200 cm³/mol. The summed E-state index contributed by atoms with van der Waals surface area (Å²) in [5.74, 6) is -2.55. The lowest BCUT2D eigenvalue weighted by Crippen LogP contribution is -2.53. The molecule has 1 aromatic carbocycles. The van der Waals surface area contributed by atoms with E-state index in [1.807, 2.05) is 38.1 Å². The Bertz CT molecular complexity index is 2000. The van der Waals surface area contributed by atoms with Crippen molar-refractivity contribution in [1.29, 1.82) is 0 Å². The molecule has 0 saturated carbocycles. The number of aryl methyl sites for hydroxylation is 1. The minimum atomic E-state index is -1.07. The zero-order valence-corrected chi connectivity index (χ0v) is 32.1. The van der Waals surface area contributed by atoms with Crippen LogP contribution in [0.15, 0.2) is 46.4 Å². The number of nitrogens with one attached hydrogen (secondary N) is 4. The Hall–Kier alpha value is -5.58. The van der Waals surface area contributed by atoms with Crippen LogP contribution in [-0.2, 0) is 36.8 Å². The fourth-order valence-electron chi connectivity index (χ4n) is 6.28. The van der Waals surface area contributed by atoms with Crippen molar-refractivity contribution in [1.82, 2.24) is 45.8 Å². The molecule has 5 rings (SSSR count). The summed E-state index contributed by atoms with van der Waals surface area (Å²) in [6.45, 7) is 6.60. The van der Waals surface area contributed by atoms with E-state index in [4.69, 9.17) is 4.52 Å². The number of aromatic nitrogens is 3. The maximum absolute atomic E-state index is 13.9. The van der Waals surface area contributed by atoms with Crippen molar-refractivity contribution < 1.29 is 33.3 Å². The molecule has 0 spiro atoms. The molecule has 0 unspecified atom stereocenters. The number of amides is 6. The van der Waals surface area contributed by atoms with Crippen LogP contribution in [-0.4, -0.2) is 118 Å². The first-order valence-electron chi connectivity index (χ1n) is 17.8. The van der Waals surface area contributed by atoms with Gasteiger partial charge in [0.25, 0.3) is 5.91 Å². The summed E-state index contributed by atoms with van der Waals surface area (Å²) in [5, 5.41) is 15.2. The van der Waals surface area contributed by atoms with Crippen LogP contribution in [0.4, 0.5) is 0 Å². The third kappa shape index (κ3) is 10.1. The number of para-hydroxylation sites is 1. The number of carbonyl (C=O) groups excluding carboxylic acids is 6. The summed E-state index contributed by atoms with van der Waals surface area (Å²) < 4.78 is 5.24. The number of benzene rings is 1. The van der Waals surface area contributed by atoms with Crippen LogP contribution in [0.5, 0.6) is 0 Å². The van der Waals surface area contributed by atoms with Crippen LogP contribution in [0, 0.1) is 12.8 Å². The number of likely N-dealkylation sites (N-methyl/N-ethyl adjacent to an activating group) is 2. The molecule has 6 amide bonds. The van der Waals surface area contributed by atoms with Gasteiger partial charge in [-0.05, 0) is 37.8 Å². The summed E-state index contributed by atoms with van der Waals surface area (Å²) in [6.07, 6.45) is 2.25. The molecule has 288 valence electrons. The standard InChI is InChI=1S/C37H47N9O7S/c1-21(2)13-28-35-42-30(20-54-35)34(50)41-29(15-24-17-38-27-10-8-7-9-26(24)27)37(52)45(6)18-31(47)39-23(4)36(51)44(5)11-12-46(19-32(48)40-28)33(49)16-25-14-22(3)43-53-25/h7-10,14,17,20-21,23,28-29,38H,11-13,15-16,18-19H2,1-6H3,(H,39,47)(H,40,48)(H,41,50)/t23-,28-,29+/m0/s1. The molecule has 3 aromatic heterocycles.